The molecule has 0 atom stereocenters. The van der Waals surface area contributed by atoms with Crippen LogP contribution in [0.2, 0.25) is 0 Å². The molecule has 1 heterocycles. The van der Waals surface area contributed by atoms with Crippen LogP contribution in [0.5, 0.6) is 0 Å². The zero-order valence-electron chi connectivity index (χ0n) is 13.2. The number of unbranched alkanes of at least 4 members (excludes halogenated alkanes) is 1. The molecule has 0 saturated heterocycles. The van der Waals surface area contributed by atoms with Gasteiger partial charge in [0.2, 0.25) is 0 Å². The molecule has 112 valence electrons. The lowest BCUT2D eigenvalue weighted by molar-refractivity contribution is 0.743. The Hall–Kier alpha value is -1.37. The summed E-state index contributed by atoms with van der Waals surface area (Å²) in [6.07, 6.45) is 23.5. The van der Waals surface area contributed by atoms with Crippen molar-refractivity contribution in [1.29, 1.82) is 0 Å². The smallest absolute Gasteiger partial charge is 0.0308 e. The summed E-state index contributed by atoms with van der Waals surface area (Å²) in [4.78, 5) is 4.33. The number of hydrogen-bond acceptors (Lipinski definition) is 1. The highest BCUT2D eigenvalue weighted by atomic mass is 14.6. The average molecular weight is 281 g/mol. The number of pyridine rings is 1. The molecule has 2 aliphatic carbocycles. The predicted molar refractivity (Wildman–Crippen MR) is 89.4 cm³/mol. The molecule has 0 aliphatic heterocycles. The first-order valence-electron chi connectivity index (χ1n) is 8.53. The first kappa shape index (κ1) is 14.6. The Balaban J connectivity index is 1.41. The van der Waals surface area contributed by atoms with E-state index in [4.69, 9.17) is 0 Å². The number of aryl methyl sites for hydroxylation is 1. The van der Waals surface area contributed by atoms with Crippen molar-refractivity contribution in [3.05, 3.63) is 53.9 Å². The number of hydrogen-bond donors (Lipinski definition) is 0. The third kappa shape index (κ3) is 4.30. The van der Waals surface area contributed by atoms with Gasteiger partial charge in [0.05, 0.1) is 0 Å². The Morgan fingerprint density at radius 1 is 1.24 bits per heavy atom. The van der Waals surface area contributed by atoms with E-state index in [0.717, 1.165) is 5.92 Å². The molecule has 21 heavy (non-hydrogen) atoms. The van der Waals surface area contributed by atoms with Crippen LogP contribution in [-0.4, -0.2) is 4.98 Å². The Morgan fingerprint density at radius 3 is 2.81 bits per heavy atom. The maximum Gasteiger partial charge on any atom is 0.0308 e. The minimum absolute atomic E-state index is 0.435. The van der Waals surface area contributed by atoms with Gasteiger partial charge in [-0.25, -0.2) is 0 Å². The lowest BCUT2D eigenvalue weighted by atomic mass is 9.92. The highest BCUT2D eigenvalue weighted by molar-refractivity contribution is 5.35. The molecule has 0 amide bonds. The van der Waals surface area contributed by atoms with E-state index in [1.807, 2.05) is 6.20 Å². The SMILES string of the molecule is CC1(c2cnccc2CCC/C=C\C=C/CC2CC2)CC1. The van der Waals surface area contributed by atoms with Crippen LogP contribution < -0.4 is 0 Å². The minimum Gasteiger partial charge on any atom is -0.264 e. The first-order valence-corrected chi connectivity index (χ1v) is 8.53. The van der Waals surface area contributed by atoms with Gasteiger partial charge in [-0.05, 0) is 79.9 Å². The van der Waals surface area contributed by atoms with Crippen molar-refractivity contribution < 1.29 is 0 Å². The van der Waals surface area contributed by atoms with Gasteiger partial charge in [-0.3, -0.25) is 4.98 Å². The molecule has 0 radical (unpaired) electrons. The number of rotatable bonds is 8. The Labute approximate surface area is 129 Å². The van der Waals surface area contributed by atoms with Crippen LogP contribution in [0.1, 0.15) is 63.0 Å². The molecule has 2 saturated carbocycles. The molecular formula is C20H27N. The molecule has 0 spiro atoms. The van der Waals surface area contributed by atoms with Gasteiger partial charge in [-0.1, -0.05) is 31.2 Å². The average Bonchev–Trinajstić information content (AvgIpc) is 3.40. The van der Waals surface area contributed by atoms with E-state index in [-0.39, 0.29) is 0 Å². The van der Waals surface area contributed by atoms with Crippen molar-refractivity contribution in [2.24, 2.45) is 5.92 Å². The van der Waals surface area contributed by atoms with E-state index in [9.17, 15) is 0 Å². The summed E-state index contributed by atoms with van der Waals surface area (Å²) in [6.45, 7) is 2.37. The fourth-order valence-corrected chi connectivity index (χ4v) is 2.93. The molecule has 1 heteroatoms. The summed E-state index contributed by atoms with van der Waals surface area (Å²) in [7, 11) is 0. The maximum atomic E-state index is 4.33. The molecule has 2 aliphatic rings. The molecule has 1 aromatic heterocycles. The Bertz CT molecular complexity index is 518. The summed E-state index contributed by atoms with van der Waals surface area (Å²) in [5, 5.41) is 0. The van der Waals surface area contributed by atoms with Gasteiger partial charge in [-0.2, -0.15) is 0 Å². The normalized spacial score (nSPS) is 20.4. The predicted octanol–water partition coefficient (Wildman–Crippen LogP) is 5.37. The standard InChI is InChI=1S/C20H27N/c1-20(13-14-20)19-16-21-15-12-18(19)9-7-5-3-2-4-6-8-17-10-11-17/h2-4,6,12,15-17H,5,7-11,13-14H2,1H3/b3-2-,6-4-. The molecule has 0 unspecified atom stereocenters. The Kier molecular flexibility index (Phi) is 4.57. The molecule has 1 nitrogen and oxygen atoms in total. The fraction of sp³-hybridized carbons (Fsp3) is 0.550. The van der Waals surface area contributed by atoms with E-state index in [2.05, 4.69) is 48.5 Å². The summed E-state index contributed by atoms with van der Waals surface area (Å²) in [5.74, 6) is 1.00. The van der Waals surface area contributed by atoms with Crippen molar-refractivity contribution >= 4 is 0 Å². The van der Waals surface area contributed by atoms with Crippen molar-refractivity contribution in [2.75, 3.05) is 0 Å². The lowest BCUT2D eigenvalue weighted by Crippen LogP contribution is -2.05. The number of nitrogens with zero attached hydrogens (tertiary/aromatic N) is 1. The van der Waals surface area contributed by atoms with Crippen molar-refractivity contribution in [3.8, 4) is 0 Å². The minimum atomic E-state index is 0.435. The summed E-state index contributed by atoms with van der Waals surface area (Å²) in [6, 6.07) is 2.22. The van der Waals surface area contributed by atoms with E-state index in [1.54, 1.807) is 0 Å². The number of allylic oxidation sites excluding steroid dienone is 4. The zero-order chi connectivity index (χ0) is 14.5. The van der Waals surface area contributed by atoms with Crippen LogP contribution in [0, 0.1) is 5.92 Å². The Morgan fingerprint density at radius 2 is 2.05 bits per heavy atom. The van der Waals surface area contributed by atoms with Crippen molar-refractivity contribution in [3.63, 3.8) is 0 Å². The maximum absolute atomic E-state index is 4.33. The first-order chi connectivity index (χ1) is 10.3. The molecule has 1 aromatic rings. The molecule has 0 bridgehead atoms. The van der Waals surface area contributed by atoms with Gasteiger partial charge in [0.15, 0.2) is 0 Å². The van der Waals surface area contributed by atoms with Gasteiger partial charge in [0.25, 0.3) is 0 Å². The fourth-order valence-electron chi connectivity index (χ4n) is 2.93. The van der Waals surface area contributed by atoms with Gasteiger partial charge in [0, 0.05) is 12.4 Å². The van der Waals surface area contributed by atoms with Crippen molar-refractivity contribution in [1.82, 2.24) is 4.98 Å². The quantitative estimate of drug-likeness (QED) is 0.461. The lowest BCUT2D eigenvalue weighted by Gasteiger charge is -2.13. The molecule has 0 aromatic carbocycles. The highest BCUT2D eigenvalue weighted by Crippen LogP contribution is 2.48. The van der Waals surface area contributed by atoms with E-state index in [0.29, 0.717) is 5.41 Å². The summed E-state index contributed by atoms with van der Waals surface area (Å²) in [5.41, 5.74) is 3.45. The third-order valence-corrected chi connectivity index (χ3v) is 4.93. The monoisotopic (exact) mass is 281 g/mol. The molecule has 2 fully saturated rings. The van der Waals surface area contributed by atoms with Crippen LogP contribution >= 0.6 is 0 Å². The van der Waals surface area contributed by atoms with E-state index >= 15 is 0 Å². The topological polar surface area (TPSA) is 12.9 Å². The van der Waals surface area contributed by atoms with Gasteiger partial charge in [-0.15, -0.1) is 0 Å². The second kappa shape index (κ2) is 6.60. The van der Waals surface area contributed by atoms with Crippen LogP contribution in [-0.2, 0) is 11.8 Å². The molecule has 3 rings (SSSR count). The van der Waals surface area contributed by atoms with Gasteiger partial charge >= 0.3 is 0 Å². The van der Waals surface area contributed by atoms with Gasteiger partial charge < -0.3 is 0 Å². The highest BCUT2D eigenvalue weighted by Gasteiger charge is 2.40. The zero-order valence-corrected chi connectivity index (χ0v) is 13.2. The molecular weight excluding hydrogens is 254 g/mol. The van der Waals surface area contributed by atoms with Crippen LogP contribution in [0.3, 0.4) is 0 Å². The summed E-state index contributed by atoms with van der Waals surface area (Å²) >= 11 is 0. The van der Waals surface area contributed by atoms with E-state index in [1.165, 1.54) is 62.5 Å². The second-order valence-electron chi connectivity index (χ2n) is 7.02. The third-order valence-electron chi connectivity index (χ3n) is 4.93. The summed E-state index contributed by atoms with van der Waals surface area (Å²) < 4.78 is 0. The van der Waals surface area contributed by atoms with Crippen molar-refractivity contribution in [2.45, 2.75) is 63.7 Å². The van der Waals surface area contributed by atoms with Gasteiger partial charge in [0.1, 0.15) is 0 Å². The largest absolute Gasteiger partial charge is 0.264 e. The van der Waals surface area contributed by atoms with Crippen LogP contribution in [0.4, 0.5) is 0 Å². The second-order valence-corrected chi connectivity index (χ2v) is 7.02. The van der Waals surface area contributed by atoms with E-state index < -0.39 is 0 Å². The number of aromatic nitrogens is 1. The van der Waals surface area contributed by atoms with Crippen LogP contribution in [0.15, 0.2) is 42.8 Å². The van der Waals surface area contributed by atoms with Crippen LogP contribution in [0.25, 0.3) is 0 Å². The molecule has 0 N–H and O–H groups in total.